The highest BCUT2D eigenvalue weighted by Crippen LogP contribution is 2.19. The van der Waals surface area contributed by atoms with Gasteiger partial charge in [-0.15, -0.1) is 0 Å². The van der Waals surface area contributed by atoms with Crippen molar-refractivity contribution in [3.8, 4) is 0 Å². The van der Waals surface area contributed by atoms with Crippen molar-refractivity contribution in [2.75, 3.05) is 5.32 Å². The van der Waals surface area contributed by atoms with Crippen molar-refractivity contribution in [1.29, 1.82) is 0 Å². The number of hydrogen-bond donors (Lipinski definition) is 3. The molecule has 184 valence electrons. The maximum atomic E-state index is 12.5. The highest BCUT2D eigenvalue weighted by Gasteiger charge is 2.15. The molecule has 4 rings (SSSR count). The molecule has 0 unspecified atom stereocenters. The summed E-state index contributed by atoms with van der Waals surface area (Å²) in [5.74, 6) is -1.81. The number of amides is 3. The number of aryl methyl sites for hydroxylation is 1. The average Bonchev–Trinajstić information content (AvgIpc) is 3.30. The zero-order chi connectivity index (χ0) is 25.7. The quantitative estimate of drug-likeness (QED) is 0.347. The van der Waals surface area contributed by atoms with Crippen LogP contribution in [-0.4, -0.2) is 32.5 Å². The summed E-state index contributed by atoms with van der Waals surface area (Å²) in [6.45, 7) is 6.53. The number of fused-ring (bicyclic) bond motifs is 1. The van der Waals surface area contributed by atoms with Crippen molar-refractivity contribution in [3.05, 3.63) is 89.2 Å². The number of rotatable bonds is 7. The number of pyridine rings is 1. The number of hydrogen-bond acceptors (Lipinski definition) is 5. The fourth-order valence-corrected chi connectivity index (χ4v) is 3.65. The first-order chi connectivity index (χ1) is 17.3. The molecule has 2 aromatic heterocycles. The van der Waals surface area contributed by atoms with E-state index in [1.54, 1.807) is 41.2 Å². The third kappa shape index (κ3) is 5.93. The predicted octanol–water partition coefficient (Wildman–Crippen LogP) is 3.51. The average molecular weight is 485 g/mol. The lowest BCUT2D eigenvalue weighted by Gasteiger charge is -2.09. The molecule has 0 spiro atoms. The van der Waals surface area contributed by atoms with Crippen LogP contribution in [0.3, 0.4) is 0 Å². The zero-order valence-electron chi connectivity index (χ0n) is 20.4. The lowest BCUT2D eigenvalue weighted by atomic mass is 10.1. The minimum atomic E-state index is -0.806. The molecule has 0 saturated carbocycles. The Morgan fingerprint density at radius 3 is 2.39 bits per heavy atom. The summed E-state index contributed by atoms with van der Waals surface area (Å²) in [5.41, 5.74) is 4.44. The third-order valence-corrected chi connectivity index (χ3v) is 5.60. The van der Waals surface area contributed by atoms with Crippen molar-refractivity contribution >= 4 is 34.4 Å². The Bertz CT molecular complexity index is 1410. The van der Waals surface area contributed by atoms with E-state index in [9.17, 15) is 14.4 Å². The van der Waals surface area contributed by atoms with Gasteiger partial charge in [-0.2, -0.15) is 5.10 Å². The summed E-state index contributed by atoms with van der Waals surface area (Å²) < 4.78 is 1.78. The highest BCUT2D eigenvalue weighted by atomic mass is 16.2. The Labute approximate surface area is 208 Å². The molecule has 0 aliphatic carbocycles. The third-order valence-electron chi connectivity index (χ3n) is 5.60. The van der Waals surface area contributed by atoms with Gasteiger partial charge in [-0.25, -0.2) is 9.67 Å². The van der Waals surface area contributed by atoms with E-state index in [-0.39, 0.29) is 18.5 Å². The van der Waals surface area contributed by atoms with E-state index < -0.39 is 11.8 Å². The number of carbonyl (C=O) groups is 3. The van der Waals surface area contributed by atoms with Crippen molar-refractivity contribution in [3.63, 3.8) is 0 Å². The van der Waals surface area contributed by atoms with Crippen LogP contribution in [0.15, 0.2) is 67.0 Å². The molecule has 9 nitrogen and oxygen atoms in total. The van der Waals surface area contributed by atoms with E-state index in [2.05, 4.69) is 26.0 Å². The zero-order valence-corrected chi connectivity index (χ0v) is 20.4. The van der Waals surface area contributed by atoms with Crippen LogP contribution < -0.4 is 16.0 Å². The van der Waals surface area contributed by atoms with Gasteiger partial charge < -0.3 is 16.0 Å². The molecule has 3 N–H and O–H groups in total. The molecule has 0 radical (unpaired) electrons. The van der Waals surface area contributed by atoms with Gasteiger partial charge in [-0.3, -0.25) is 14.4 Å². The van der Waals surface area contributed by atoms with Crippen LogP contribution in [0.2, 0.25) is 0 Å². The summed E-state index contributed by atoms with van der Waals surface area (Å²) in [4.78, 5) is 41.6. The molecule has 3 amide bonds. The molecule has 0 bridgehead atoms. The van der Waals surface area contributed by atoms with Gasteiger partial charge in [0.25, 0.3) is 5.91 Å². The number of nitrogens with one attached hydrogen (secondary N) is 3. The first-order valence-electron chi connectivity index (χ1n) is 11.7. The number of carbonyl (C=O) groups excluding carboxylic acids is 3. The standard InChI is InChI=1S/C27H28N6O3/c1-17(2)33-24-22(15-31-33)12-23(16-28-24)32-27(36)26(35)30-14-20-5-4-6-21(11-20)25(34)29-13-19-9-7-18(3)8-10-19/h4-12,15-17H,13-14H2,1-3H3,(H,29,34)(H,30,35)(H,32,36). The Kier molecular flexibility index (Phi) is 7.39. The van der Waals surface area contributed by atoms with Gasteiger partial charge in [-0.1, -0.05) is 42.0 Å². The highest BCUT2D eigenvalue weighted by molar-refractivity contribution is 6.39. The second-order valence-electron chi connectivity index (χ2n) is 8.83. The Balaban J connectivity index is 1.30. The number of nitrogens with zero attached hydrogens (tertiary/aromatic N) is 3. The molecular weight excluding hydrogens is 456 g/mol. The predicted molar refractivity (Wildman–Crippen MR) is 137 cm³/mol. The van der Waals surface area contributed by atoms with Crippen LogP contribution in [-0.2, 0) is 22.7 Å². The van der Waals surface area contributed by atoms with Crippen molar-refractivity contribution in [2.45, 2.75) is 39.9 Å². The van der Waals surface area contributed by atoms with Crippen LogP contribution in [0.5, 0.6) is 0 Å². The normalized spacial score (nSPS) is 10.9. The molecule has 36 heavy (non-hydrogen) atoms. The fraction of sp³-hybridized carbons (Fsp3) is 0.222. The molecule has 0 aliphatic rings. The minimum Gasteiger partial charge on any atom is -0.348 e. The second-order valence-corrected chi connectivity index (χ2v) is 8.83. The van der Waals surface area contributed by atoms with E-state index in [0.717, 1.165) is 16.5 Å². The maximum absolute atomic E-state index is 12.5. The van der Waals surface area contributed by atoms with Gasteiger partial charge in [0.1, 0.15) is 0 Å². The molecular formula is C27H28N6O3. The van der Waals surface area contributed by atoms with Crippen molar-refractivity contribution in [1.82, 2.24) is 25.4 Å². The maximum Gasteiger partial charge on any atom is 0.313 e. The largest absolute Gasteiger partial charge is 0.348 e. The van der Waals surface area contributed by atoms with Crippen LogP contribution in [0.1, 0.15) is 46.9 Å². The van der Waals surface area contributed by atoms with Crippen LogP contribution in [0, 0.1) is 6.92 Å². The SMILES string of the molecule is Cc1ccc(CNC(=O)c2cccc(CNC(=O)C(=O)Nc3cnc4c(cnn4C(C)C)c3)c2)cc1. The monoisotopic (exact) mass is 484 g/mol. The Morgan fingerprint density at radius 1 is 0.889 bits per heavy atom. The molecule has 2 heterocycles. The van der Waals surface area contributed by atoms with E-state index in [1.807, 2.05) is 45.0 Å². The Hall–Kier alpha value is -4.53. The summed E-state index contributed by atoms with van der Waals surface area (Å²) in [7, 11) is 0. The fourth-order valence-electron chi connectivity index (χ4n) is 3.65. The van der Waals surface area contributed by atoms with E-state index >= 15 is 0 Å². The summed E-state index contributed by atoms with van der Waals surface area (Å²) in [6, 6.07) is 16.7. The van der Waals surface area contributed by atoms with Gasteiger partial charge in [0, 0.05) is 30.1 Å². The molecule has 0 aliphatic heterocycles. The van der Waals surface area contributed by atoms with Gasteiger partial charge in [0.15, 0.2) is 5.65 Å². The minimum absolute atomic E-state index is 0.101. The van der Waals surface area contributed by atoms with Gasteiger partial charge in [0.2, 0.25) is 0 Å². The summed E-state index contributed by atoms with van der Waals surface area (Å²) in [6.07, 6.45) is 3.16. The summed E-state index contributed by atoms with van der Waals surface area (Å²) in [5, 5.41) is 13.1. The lowest BCUT2D eigenvalue weighted by molar-refractivity contribution is -0.136. The van der Waals surface area contributed by atoms with E-state index in [0.29, 0.717) is 29.0 Å². The molecule has 0 saturated heterocycles. The van der Waals surface area contributed by atoms with Gasteiger partial charge in [0.05, 0.1) is 18.1 Å². The first-order valence-corrected chi connectivity index (χ1v) is 11.7. The van der Waals surface area contributed by atoms with Crippen LogP contribution in [0.4, 0.5) is 5.69 Å². The van der Waals surface area contributed by atoms with E-state index in [1.165, 1.54) is 6.20 Å². The second kappa shape index (κ2) is 10.8. The molecule has 9 heteroatoms. The number of aromatic nitrogens is 3. The Morgan fingerprint density at radius 2 is 1.64 bits per heavy atom. The first kappa shape index (κ1) is 24.6. The topological polar surface area (TPSA) is 118 Å². The van der Waals surface area contributed by atoms with Crippen LogP contribution in [0.25, 0.3) is 11.0 Å². The van der Waals surface area contributed by atoms with Gasteiger partial charge >= 0.3 is 11.8 Å². The molecule has 0 atom stereocenters. The van der Waals surface area contributed by atoms with Crippen LogP contribution >= 0.6 is 0 Å². The van der Waals surface area contributed by atoms with Crippen molar-refractivity contribution in [2.24, 2.45) is 0 Å². The lowest BCUT2D eigenvalue weighted by Crippen LogP contribution is -2.35. The molecule has 2 aromatic carbocycles. The molecule has 4 aromatic rings. The van der Waals surface area contributed by atoms with E-state index in [4.69, 9.17) is 0 Å². The number of benzene rings is 2. The number of anilines is 1. The van der Waals surface area contributed by atoms with Gasteiger partial charge in [-0.05, 0) is 50.1 Å². The smallest absolute Gasteiger partial charge is 0.313 e. The summed E-state index contributed by atoms with van der Waals surface area (Å²) >= 11 is 0. The molecule has 0 fully saturated rings. The van der Waals surface area contributed by atoms with Crippen molar-refractivity contribution < 1.29 is 14.4 Å².